The van der Waals surface area contributed by atoms with Gasteiger partial charge in [-0.15, -0.1) is 0 Å². The van der Waals surface area contributed by atoms with Crippen LogP contribution in [0.15, 0.2) is 18.2 Å². The van der Waals surface area contributed by atoms with Gasteiger partial charge in [0.15, 0.2) is 0 Å². The Kier molecular flexibility index (Phi) is 5.08. The molecule has 0 radical (unpaired) electrons. The smallest absolute Gasteiger partial charge is 0.123 e. The quantitative estimate of drug-likeness (QED) is 0.868. The zero-order valence-corrected chi connectivity index (χ0v) is 12.3. The average molecular weight is 284 g/mol. The third kappa shape index (κ3) is 3.62. The van der Waals surface area contributed by atoms with Crippen LogP contribution < -0.4 is 10.5 Å². The largest absolute Gasteiger partial charge is 0.496 e. The van der Waals surface area contributed by atoms with Crippen molar-refractivity contribution < 1.29 is 9.47 Å². The van der Waals surface area contributed by atoms with Crippen LogP contribution in [0.5, 0.6) is 5.75 Å². The molecule has 2 rings (SSSR count). The lowest BCUT2D eigenvalue weighted by atomic mass is 9.77. The molecule has 0 aromatic heterocycles. The van der Waals surface area contributed by atoms with E-state index in [1.165, 1.54) is 0 Å². The molecule has 19 heavy (non-hydrogen) atoms. The Hall–Kier alpha value is -0.770. The zero-order valence-electron chi connectivity index (χ0n) is 11.6. The molecule has 1 aliphatic rings. The minimum atomic E-state index is -0.0266. The highest BCUT2D eigenvalue weighted by Crippen LogP contribution is 2.38. The SMILES string of the molecule is CCOC1CC(CC(N)c2cc(Cl)ccc2OC)C1. The number of methoxy groups -OCH3 is 1. The van der Waals surface area contributed by atoms with Gasteiger partial charge in [-0.3, -0.25) is 0 Å². The number of nitrogens with two attached hydrogens (primary N) is 1. The fourth-order valence-corrected chi connectivity index (χ4v) is 2.90. The lowest BCUT2D eigenvalue weighted by Crippen LogP contribution is -2.33. The fraction of sp³-hybridized carbons (Fsp3) is 0.600. The molecule has 4 heteroatoms. The first-order chi connectivity index (χ1) is 9.13. The fourth-order valence-electron chi connectivity index (χ4n) is 2.72. The molecule has 1 atom stereocenters. The number of hydrogen-bond donors (Lipinski definition) is 1. The molecule has 0 amide bonds. The Balaban J connectivity index is 1.93. The second-order valence-electron chi connectivity index (χ2n) is 5.14. The van der Waals surface area contributed by atoms with Gasteiger partial charge in [-0.05, 0) is 50.3 Å². The lowest BCUT2D eigenvalue weighted by molar-refractivity contribution is -0.0282. The highest BCUT2D eigenvalue weighted by Gasteiger charge is 2.31. The van der Waals surface area contributed by atoms with Crippen LogP contribution in [-0.2, 0) is 4.74 Å². The van der Waals surface area contributed by atoms with Crippen molar-refractivity contribution in [2.24, 2.45) is 11.7 Å². The van der Waals surface area contributed by atoms with Crippen molar-refractivity contribution in [1.29, 1.82) is 0 Å². The molecule has 1 fully saturated rings. The van der Waals surface area contributed by atoms with Crippen LogP contribution in [0, 0.1) is 5.92 Å². The molecule has 1 aromatic rings. The van der Waals surface area contributed by atoms with Crippen LogP contribution in [0.1, 0.15) is 37.8 Å². The Bertz CT molecular complexity index is 419. The molecule has 2 N–H and O–H groups in total. The second-order valence-corrected chi connectivity index (χ2v) is 5.58. The Labute approximate surface area is 120 Å². The first-order valence-electron chi connectivity index (χ1n) is 6.84. The summed E-state index contributed by atoms with van der Waals surface area (Å²) < 4.78 is 10.9. The predicted octanol–water partition coefficient (Wildman–Crippen LogP) is 3.55. The molecular weight excluding hydrogens is 262 g/mol. The predicted molar refractivity (Wildman–Crippen MR) is 77.7 cm³/mol. The van der Waals surface area contributed by atoms with Gasteiger partial charge in [-0.2, -0.15) is 0 Å². The van der Waals surface area contributed by atoms with Crippen molar-refractivity contribution in [2.75, 3.05) is 13.7 Å². The molecule has 0 bridgehead atoms. The maximum Gasteiger partial charge on any atom is 0.123 e. The standard InChI is InChI=1S/C15H22ClNO2/c1-3-19-12-6-10(7-12)8-14(17)13-9-11(16)4-5-15(13)18-2/h4-5,9-10,12,14H,3,6-8,17H2,1-2H3. The average Bonchev–Trinajstić information content (AvgIpc) is 2.36. The minimum Gasteiger partial charge on any atom is -0.496 e. The van der Waals surface area contributed by atoms with E-state index in [1.54, 1.807) is 7.11 Å². The molecule has 0 heterocycles. The number of benzene rings is 1. The summed E-state index contributed by atoms with van der Waals surface area (Å²) in [5, 5.41) is 0.701. The van der Waals surface area contributed by atoms with Gasteiger partial charge in [0.1, 0.15) is 5.75 Å². The summed E-state index contributed by atoms with van der Waals surface area (Å²) in [6.45, 7) is 2.83. The van der Waals surface area contributed by atoms with Gasteiger partial charge in [-0.25, -0.2) is 0 Å². The highest BCUT2D eigenvalue weighted by molar-refractivity contribution is 6.30. The molecule has 1 unspecified atom stereocenters. The van der Waals surface area contributed by atoms with E-state index >= 15 is 0 Å². The summed E-state index contributed by atoms with van der Waals surface area (Å²) in [7, 11) is 1.66. The van der Waals surface area contributed by atoms with Gasteiger partial charge in [0.25, 0.3) is 0 Å². The van der Waals surface area contributed by atoms with Gasteiger partial charge in [0.05, 0.1) is 13.2 Å². The van der Waals surface area contributed by atoms with E-state index in [1.807, 2.05) is 25.1 Å². The van der Waals surface area contributed by atoms with E-state index in [-0.39, 0.29) is 6.04 Å². The van der Waals surface area contributed by atoms with E-state index in [4.69, 9.17) is 26.8 Å². The third-order valence-corrected chi connectivity index (χ3v) is 4.01. The van der Waals surface area contributed by atoms with Crippen LogP contribution in [0.25, 0.3) is 0 Å². The Morgan fingerprint density at radius 1 is 1.42 bits per heavy atom. The van der Waals surface area contributed by atoms with Crippen molar-refractivity contribution in [3.8, 4) is 5.75 Å². The molecule has 1 aliphatic carbocycles. The molecule has 0 spiro atoms. The van der Waals surface area contributed by atoms with Crippen molar-refractivity contribution in [1.82, 2.24) is 0 Å². The summed E-state index contributed by atoms with van der Waals surface area (Å²) in [4.78, 5) is 0. The number of halogens is 1. The molecule has 0 aliphatic heterocycles. The molecule has 1 saturated carbocycles. The van der Waals surface area contributed by atoms with E-state index in [2.05, 4.69) is 0 Å². The van der Waals surface area contributed by atoms with Crippen LogP contribution in [0.4, 0.5) is 0 Å². The van der Waals surface area contributed by atoms with Crippen molar-refractivity contribution in [2.45, 2.75) is 38.3 Å². The first kappa shape index (κ1) is 14.6. The molecule has 0 saturated heterocycles. The van der Waals surface area contributed by atoms with E-state index in [9.17, 15) is 0 Å². The van der Waals surface area contributed by atoms with Gasteiger partial charge in [0, 0.05) is 23.2 Å². The van der Waals surface area contributed by atoms with Gasteiger partial charge < -0.3 is 15.2 Å². The van der Waals surface area contributed by atoms with Crippen LogP contribution in [-0.4, -0.2) is 19.8 Å². The topological polar surface area (TPSA) is 44.5 Å². The summed E-state index contributed by atoms with van der Waals surface area (Å²) in [6, 6.07) is 5.58. The first-order valence-corrected chi connectivity index (χ1v) is 7.22. The van der Waals surface area contributed by atoms with E-state index < -0.39 is 0 Å². The second kappa shape index (κ2) is 6.60. The van der Waals surface area contributed by atoms with Crippen molar-refractivity contribution >= 4 is 11.6 Å². The lowest BCUT2D eigenvalue weighted by Gasteiger charge is -2.36. The Morgan fingerprint density at radius 3 is 2.79 bits per heavy atom. The van der Waals surface area contributed by atoms with E-state index in [0.717, 1.165) is 37.2 Å². The maximum absolute atomic E-state index is 6.29. The summed E-state index contributed by atoms with van der Waals surface area (Å²) in [5.41, 5.74) is 7.29. The maximum atomic E-state index is 6.29. The van der Waals surface area contributed by atoms with E-state index in [0.29, 0.717) is 17.0 Å². The van der Waals surface area contributed by atoms with Gasteiger partial charge >= 0.3 is 0 Å². The highest BCUT2D eigenvalue weighted by atomic mass is 35.5. The Morgan fingerprint density at radius 2 is 2.16 bits per heavy atom. The third-order valence-electron chi connectivity index (χ3n) is 3.77. The zero-order chi connectivity index (χ0) is 13.8. The van der Waals surface area contributed by atoms with Gasteiger partial charge in [-0.1, -0.05) is 11.6 Å². The molecule has 1 aromatic carbocycles. The molecular formula is C15H22ClNO2. The molecule has 106 valence electrons. The summed E-state index contributed by atoms with van der Waals surface area (Å²) in [5.74, 6) is 1.47. The normalized spacial score (nSPS) is 23.8. The number of rotatable bonds is 6. The number of ether oxygens (including phenoxy) is 2. The van der Waals surface area contributed by atoms with Crippen molar-refractivity contribution in [3.63, 3.8) is 0 Å². The van der Waals surface area contributed by atoms with Gasteiger partial charge in [0.2, 0.25) is 0 Å². The summed E-state index contributed by atoms with van der Waals surface area (Å²) >= 11 is 6.04. The number of hydrogen-bond acceptors (Lipinski definition) is 3. The summed E-state index contributed by atoms with van der Waals surface area (Å²) in [6.07, 6.45) is 3.62. The monoisotopic (exact) mass is 283 g/mol. The molecule has 3 nitrogen and oxygen atoms in total. The minimum absolute atomic E-state index is 0.0266. The van der Waals surface area contributed by atoms with Crippen LogP contribution in [0.2, 0.25) is 5.02 Å². The van der Waals surface area contributed by atoms with Crippen LogP contribution in [0.3, 0.4) is 0 Å². The van der Waals surface area contributed by atoms with Crippen molar-refractivity contribution in [3.05, 3.63) is 28.8 Å². The van der Waals surface area contributed by atoms with Crippen LogP contribution >= 0.6 is 11.6 Å².